The summed E-state index contributed by atoms with van der Waals surface area (Å²) < 4.78 is 5.73. The Kier molecular flexibility index (Phi) is 7.36. The largest absolute Gasteiger partial charge is 0.493 e. The zero-order valence-corrected chi connectivity index (χ0v) is 20.3. The Bertz CT molecular complexity index is 1170. The normalized spacial score (nSPS) is 14.6. The fourth-order valence-corrected chi connectivity index (χ4v) is 4.58. The van der Waals surface area contributed by atoms with Gasteiger partial charge in [-0.2, -0.15) is 0 Å². The summed E-state index contributed by atoms with van der Waals surface area (Å²) >= 11 is 1.38. The van der Waals surface area contributed by atoms with Crippen LogP contribution in [0.3, 0.4) is 0 Å². The maximum atomic E-state index is 12.4. The van der Waals surface area contributed by atoms with E-state index in [-0.39, 0.29) is 17.9 Å². The molecule has 10 heteroatoms. The SMILES string of the molecule is CC(=O)NC1CCOc2ccc(-c3csc(NC(=O)CCCNc4nc(C)cc(C)n4)n3)cc21. The van der Waals surface area contributed by atoms with Crippen LogP contribution >= 0.6 is 11.3 Å². The van der Waals surface area contributed by atoms with Crippen LogP contribution < -0.4 is 20.7 Å². The van der Waals surface area contributed by atoms with Crippen molar-refractivity contribution in [3.63, 3.8) is 0 Å². The van der Waals surface area contributed by atoms with Crippen LogP contribution in [0, 0.1) is 13.8 Å². The van der Waals surface area contributed by atoms with Crippen molar-refractivity contribution in [2.45, 2.75) is 46.1 Å². The second-order valence-corrected chi connectivity index (χ2v) is 9.09. The summed E-state index contributed by atoms with van der Waals surface area (Å²) in [6, 6.07) is 7.68. The molecular weight excluding hydrogens is 452 g/mol. The Morgan fingerprint density at radius 1 is 1.15 bits per heavy atom. The molecule has 2 aromatic heterocycles. The molecule has 0 saturated heterocycles. The fraction of sp³-hybridized carbons (Fsp3) is 0.375. The van der Waals surface area contributed by atoms with Gasteiger partial charge < -0.3 is 20.7 Å². The molecule has 1 atom stereocenters. The van der Waals surface area contributed by atoms with Gasteiger partial charge in [0.1, 0.15) is 5.75 Å². The zero-order valence-electron chi connectivity index (χ0n) is 19.5. The van der Waals surface area contributed by atoms with Crippen molar-refractivity contribution in [1.29, 1.82) is 0 Å². The topological polar surface area (TPSA) is 118 Å². The molecule has 0 bridgehead atoms. The van der Waals surface area contributed by atoms with Crippen molar-refractivity contribution in [1.82, 2.24) is 20.3 Å². The highest BCUT2D eigenvalue weighted by Crippen LogP contribution is 2.36. The number of fused-ring (bicyclic) bond motifs is 1. The molecule has 1 unspecified atom stereocenters. The minimum Gasteiger partial charge on any atom is -0.493 e. The summed E-state index contributed by atoms with van der Waals surface area (Å²) in [5, 5.41) is 11.5. The predicted molar refractivity (Wildman–Crippen MR) is 132 cm³/mol. The molecule has 1 aliphatic rings. The molecule has 4 rings (SSSR count). The first kappa shape index (κ1) is 23.6. The highest BCUT2D eigenvalue weighted by Gasteiger charge is 2.23. The number of nitrogens with one attached hydrogen (secondary N) is 3. The van der Waals surface area contributed by atoms with E-state index in [1.165, 1.54) is 18.3 Å². The van der Waals surface area contributed by atoms with Crippen LogP contribution in [-0.2, 0) is 9.59 Å². The summed E-state index contributed by atoms with van der Waals surface area (Å²) in [6.45, 7) is 6.54. The van der Waals surface area contributed by atoms with Crippen LogP contribution in [0.25, 0.3) is 11.3 Å². The second kappa shape index (κ2) is 10.6. The highest BCUT2D eigenvalue weighted by atomic mass is 32.1. The van der Waals surface area contributed by atoms with Crippen LogP contribution in [0.1, 0.15) is 49.2 Å². The minimum absolute atomic E-state index is 0.0707. The average Bonchev–Trinajstić information content (AvgIpc) is 3.24. The zero-order chi connectivity index (χ0) is 24.1. The van der Waals surface area contributed by atoms with Gasteiger partial charge in [0.25, 0.3) is 0 Å². The Morgan fingerprint density at radius 2 is 1.94 bits per heavy atom. The summed E-state index contributed by atoms with van der Waals surface area (Å²) in [6.07, 6.45) is 1.73. The molecular formula is C24H28N6O3S. The van der Waals surface area contributed by atoms with E-state index in [4.69, 9.17) is 4.74 Å². The van der Waals surface area contributed by atoms with Gasteiger partial charge in [-0.1, -0.05) is 0 Å². The lowest BCUT2D eigenvalue weighted by Gasteiger charge is -2.26. The van der Waals surface area contributed by atoms with Gasteiger partial charge in [-0.25, -0.2) is 15.0 Å². The number of benzene rings is 1. The smallest absolute Gasteiger partial charge is 0.226 e. The van der Waals surface area contributed by atoms with Crippen LogP contribution in [0.15, 0.2) is 29.6 Å². The van der Waals surface area contributed by atoms with Gasteiger partial charge in [0.05, 0.1) is 18.3 Å². The second-order valence-electron chi connectivity index (χ2n) is 8.23. The quantitative estimate of drug-likeness (QED) is 0.417. The molecule has 3 heterocycles. The van der Waals surface area contributed by atoms with Gasteiger partial charge in [-0.05, 0) is 44.5 Å². The maximum Gasteiger partial charge on any atom is 0.226 e. The van der Waals surface area contributed by atoms with E-state index >= 15 is 0 Å². The number of carbonyl (C=O) groups is 2. The van der Waals surface area contributed by atoms with E-state index in [0.717, 1.165) is 40.4 Å². The van der Waals surface area contributed by atoms with Gasteiger partial charge in [-0.3, -0.25) is 9.59 Å². The number of ether oxygens (including phenoxy) is 1. The molecule has 1 aliphatic heterocycles. The predicted octanol–water partition coefficient (Wildman–Crippen LogP) is 4.01. The third-order valence-corrected chi connectivity index (χ3v) is 6.08. The third-order valence-electron chi connectivity index (χ3n) is 5.32. The number of nitrogens with zero attached hydrogens (tertiary/aromatic N) is 3. The lowest BCUT2D eigenvalue weighted by Crippen LogP contribution is -2.30. The number of amides is 2. The molecule has 0 spiro atoms. The van der Waals surface area contributed by atoms with E-state index in [0.29, 0.717) is 37.1 Å². The summed E-state index contributed by atoms with van der Waals surface area (Å²) in [5.41, 5.74) is 4.43. The number of aryl methyl sites for hydroxylation is 2. The van der Waals surface area contributed by atoms with Gasteiger partial charge in [0.2, 0.25) is 17.8 Å². The molecule has 34 heavy (non-hydrogen) atoms. The molecule has 0 fully saturated rings. The lowest BCUT2D eigenvalue weighted by atomic mass is 9.97. The fourth-order valence-electron chi connectivity index (χ4n) is 3.85. The van der Waals surface area contributed by atoms with Crippen molar-refractivity contribution in [2.24, 2.45) is 0 Å². The Morgan fingerprint density at radius 3 is 2.71 bits per heavy atom. The first-order chi connectivity index (χ1) is 16.4. The molecule has 3 aromatic rings. The maximum absolute atomic E-state index is 12.4. The number of anilines is 2. The first-order valence-corrected chi connectivity index (χ1v) is 12.1. The number of rotatable bonds is 8. The summed E-state index contributed by atoms with van der Waals surface area (Å²) in [7, 11) is 0. The minimum atomic E-state index is -0.0893. The number of carbonyl (C=O) groups excluding carboxylic acids is 2. The molecule has 0 saturated carbocycles. The van der Waals surface area contributed by atoms with Gasteiger partial charge in [-0.15, -0.1) is 11.3 Å². The van der Waals surface area contributed by atoms with Gasteiger partial charge in [0, 0.05) is 54.2 Å². The first-order valence-electron chi connectivity index (χ1n) is 11.2. The molecule has 9 nitrogen and oxygen atoms in total. The molecule has 3 N–H and O–H groups in total. The summed E-state index contributed by atoms with van der Waals surface area (Å²) in [4.78, 5) is 37.2. The number of thiazole rings is 1. The molecule has 0 radical (unpaired) electrons. The number of aromatic nitrogens is 3. The Labute approximate surface area is 202 Å². The van der Waals surface area contributed by atoms with Gasteiger partial charge in [0.15, 0.2) is 5.13 Å². The van der Waals surface area contributed by atoms with Crippen molar-refractivity contribution in [2.75, 3.05) is 23.8 Å². The Hall–Kier alpha value is -3.53. The number of hydrogen-bond acceptors (Lipinski definition) is 8. The monoisotopic (exact) mass is 480 g/mol. The van der Waals surface area contributed by atoms with Crippen molar-refractivity contribution < 1.29 is 14.3 Å². The van der Waals surface area contributed by atoms with E-state index in [1.54, 1.807) is 0 Å². The van der Waals surface area contributed by atoms with Crippen LogP contribution in [-0.4, -0.2) is 39.9 Å². The van der Waals surface area contributed by atoms with Crippen molar-refractivity contribution in [3.8, 4) is 17.0 Å². The van der Waals surface area contributed by atoms with Crippen LogP contribution in [0.2, 0.25) is 0 Å². The Balaban J connectivity index is 1.32. The standard InChI is InChI=1S/C24H28N6O3S/c1-14-11-15(2)27-23(26-14)25-9-4-5-22(32)30-24-29-20(13-34-24)17-6-7-21-18(12-17)19(8-10-33-21)28-16(3)31/h6-7,11-13,19H,4-5,8-10H2,1-3H3,(H,28,31)(H,25,26,27)(H,29,30,32). The van der Waals surface area contributed by atoms with E-state index in [1.807, 2.05) is 43.5 Å². The van der Waals surface area contributed by atoms with Crippen molar-refractivity contribution in [3.05, 3.63) is 46.6 Å². The molecule has 2 amide bonds. The van der Waals surface area contributed by atoms with E-state index < -0.39 is 0 Å². The van der Waals surface area contributed by atoms with E-state index in [9.17, 15) is 9.59 Å². The average molecular weight is 481 g/mol. The van der Waals surface area contributed by atoms with Crippen LogP contribution in [0.5, 0.6) is 5.75 Å². The van der Waals surface area contributed by atoms with Crippen molar-refractivity contribution >= 4 is 34.2 Å². The highest BCUT2D eigenvalue weighted by molar-refractivity contribution is 7.14. The molecule has 1 aromatic carbocycles. The lowest BCUT2D eigenvalue weighted by molar-refractivity contribution is -0.120. The van der Waals surface area contributed by atoms with Gasteiger partial charge >= 0.3 is 0 Å². The third kappa shape index (κ3) is 6.07. The molecule has 178 valence electrons. The van der Waals surface area contributed by atoms with E-state index in [2.05, 4.69) is 30.9 Å². The molecule has 0 aliphatic carbocycles. The van der Waals surface area contributed by atoms with Crippen LogP contribution in [0.4, 0.5) is 11.1 Å². The summed E-state index contributed by atoms with van der Waals surface area (Å²) in [5.74, 6) is 1.20. The number of hydrogen-bond donors (Lipinski definition) is 3.